The summed E-state index contributed by atoms with van der Waals surface area (Å²) in [6.07, 6.45) is -5.20. The fraction of sp³-hybridized carbons (Fsp3) is 0.500. The van der Waals surface area contributed by atoms with E-state index in [1.807, 2.05) is 0 Å². The summed E-state index contributed by atoms with van der Waals surface area (Å²) in [5.41, 5.74) is -1.87. The van der Waals surface area contributed by atoms with E-state index in [0.29, 0.717) is 4.90 Å². The Balaban J connectivity index is 0.00000264. The van der Waals surface area contributed by atoms with Crippen molar-refractivity contribution in [3.8, 4) is 0 Å². The van der Waals surface area contributed by atoms with Crippen LogP contribution in [0.15, 0.2) is 0 Å². The maximum Gasteiger partial charge on any atom is 0.408 e. The minimum atomic E-state index is -5.20. The highest BCUT2D eigenvalue weighted by molar-refractivity contribution is 5.85. The average Bonchev–Trinajstić information content (AvgIpc) is 2.47. The molecule has 0 amide bonds. The Bertz CT molecular complexity index is 542. The first-order valence-electron chi connectivity index (χ1n) is 6.19. The van der Waals surface area contributed by atoms with Gasteiger partial charge < -0.3 is 5.32 Å². The third kappa shape index (κ3) is 3.69. The van der Waals surface area contributed by atoms with Crippen molar-refractivity contribution in [1.29, 1.82) is 0 Å². The number of hydrogen-bond donors (Lipinski definition) is 1. The SMILES string of the molecule is Cl.Fc1c(F)c(F)c([C@H](N2CCNCC2)C(F)(F)F)c(F)c1F. The van der Waals surface area contributed by atoms with Crippen molar-refractivity contribution in [3.05, 3.63) is 34.6 Å². The van der Waals surface area contributed by atoms with E-state index in [2.05, 4.69) is 5.32 Å². The average molecular weight is 371 g/mol. The van der Waals surface area contributed by atoms with Gasteiger partial charge in [-0.05, 0) is 0 Å². The van der Waals surface area contributed by atoms with E-state index in [4.69, 9.17) is 0 Å². The van der Waals surface area contributed by atoms with Crippen molar-refractivity contribution in [2.75, 3.05) is 26.2 Å². The molecule has 11 heteroatoms. The number of nitrogens with zero attached hydrogens (tertiary/aromatic N) is 1. The van der Waals surface area contributed by atoms with Gasteiger partial charge in [0, 0.05) is 26.2 Å². The molecule has 1 fully saturated rings. The van der Waals surface area contributed by atoms with Crippen molar-refractivity contribution in [1.82, 2.24) is 10.2 Å². The Morgan fingerprint density at radius 1 is 0.783 bits per heavy atom. The highest BCUT2D eigenvalue weighted by Crippen LogP contribution is 2.41. The zero-order valence-electron chi connectivity index (χ0n) is 11.3. The van der Waals surface area contributed by atoms with Crippen molar-refractivity contribution in [2.45, 2.75) is 12.2 Å². The van der Waals surface area contributed by atoms with Crippen LogP contribution in [0.4, 0.5) is 35.1 Å². The van der Waals surface area contributed by atoms with Gasteiger partial charge in [0.25, 0.3) is 0 Å². The topological polar surface area (TPSA) is 15.3 Å². The smallest absolute Gasteiger partial charge is 0.314 e. The summed E-state index contributed by atoms with van der Waals surface area (Å²) in [5, 5.41) is 2.73. The van der Waals surface area contributed by atoms with Gasteiger partial charge in [-0.15, -0.1) is 12.4 Å². The van der Waals surface area contributed by atoms with Crippen LogP contribution in [-0.2, 0) is 0 Å². The van der Waals surface area contributed by atoms with Crippen LogP contribution >= 0.6 is 12.4 Å². The molecule has 1 aliphatic heterocycles. The fourth-order valence-electron chi connectivity index (χ4n) is 2.36. The molecular formula is C12H11ClF8N2. The zero-order valence-corrected chi connectivity index (χ0v) is 12.1. The monoisotopic (exact) mass is 370 g/mol. The third-order valence-corrected chi connectivity index (χ3v) is 3.34. The fourth-order valence-corrected chi connectivity index (χ4v) is 2.36. The number of rotatable bonds is 2. The summed E-state index contributed by atoms with van der Waals surface area (Å²) in [7, 11) is 0. The van der Waals surface area contributed by atoms with E-state index in [-0.39, 0.29) is 38.6 Å². The van der Waals surface area contributed by atoms with Crippen LogP contribution in [0.3, 0.4) is 0 Å². The lowest BCUT2D eigenvalue weighted by Crippen LogP contribution is -2.49. The normalized spacial score (nSPS) is 17.7. The first-order valence-corrected chi connectivity index (χ1v) is 6.19. The number of alkyl halides is 3. The maximum atomic E-state index is 13.7. The molecule has 2 rings (SSSR count). The minimum Gasteiger partial charge on any atom is -0.314 e. The van der Waals surface area contributed by atoms with E-state index < -0.39 is 46.9 Å². The molecule has 1 aliphatic rings. The zero-order chi connectivity index (χ0) is 16.7. The van der Waals surface area contributed by atoms with Crippen LogP contribution in [0.25, 0.3) is 0 Å². The van der Waals surface area contributed by atoms with Gasteiger partial charge in [0.1, 0.15) is 6.04 Å². The molecule has 2 nitrogen and oxygen atoms in total. The van der Waals surface area contributed by atoms with Crippen molar-refractivity contribution in [2.24, 2.45) is 0 Å². The second kappa shape index (κ2) is 7.18. The van der Waals surface area contributed by atoms with Gasteiger partial charge in [-0.3, -0.25) is 4.90 Å². The quantitative estimate of drug-likeness (QED) is 0.488. The first-order chi connectivity index (χ1) is 10.2. The van der Waals surface area contributed by atoms with Gasteiger partial charge in [0.05, 0.1) is 5.56 Å². The molecule has 0 radical (unpaired) electrons. The summed E-state index contributed by atoms with van der Waals surface area (Å²) in [6.45, 7) is -0.294. The molecule has 23 heavy (non-hydrogen) atoms. The predicted octanol–water partition coefficient (Wildman–Crippen LogP) is 3.31. The Labute approximate surface area is 131 Å². The number of benzene rings is 1. The standard InChI is InChI=1S/C12H10F8N2.ClH/c13-6-5(7(14)9(16)10(17)8(6)15)11(12(18,19)20)22-3-1-21-2-4-22;/h11,21H,1-4H2;1H/t11-;/m0./s1. The lowest BCUT2D eigenvalue weighted by Gasteiger charge is -2.36. The molecule has 0 aliphatic carbocycles. The van der Waals surface area contributed by atoms with Crippen LogP contribution in [0.5, 0.6) is 0 Å². The second-order valence-corrected chi connectivity index (χ2v) is 4.71. The molecular weight excluding hydrogens is 360 g/mol. The molecule has 1 atom stereocenters. The molecule has 0 bridgehead atoms. The van der Waals surface area contributed by atoms with E-state index in [9.17, 15) is 35.1 Å². The molecule has 1 saturated heterocycles. The Hall–Kier alpha value is -1.13. The largest absolute Gasteiger partial charge is 0.408 e. The molecule has 132 valence electrons. The Morgan fingerprint density at radius 3 is 1.57 bits per heavy atom. The van der Waals surface area contributed by atoms with Gasteiger partial charge in [-0.2, -0.15) is 13.2 Å². The lowest BCUT2D eigenvalue weighted by atomic mass is 10.0. The van der Waals surface area contributed by atoms with Crippen molar-refractivity contribution < 1.29 is 35.1 Å². The maximum absolute atomic E-state index is 13.7. The molecule has 0 saturated carbocycles. The van der Waals surface area contributed by atoms with Gasteiger partial charge in [0.15, 0.2) is 23.3 Å². The van der Waals surface area contributed by atoms with Gasteiger partial charge >= 0.3 is 6.18 Å². The molecule has 1 N–H and O–H groups in total. The van der Waals surface area contributed by atoms with Crippen molar-refractivity contribution >= 4 is 12.4 Å². The minimum absolute atomic E-state index is 0. The first kappa shape index (κ1) is 19.9. The summed E-state index contributed by atoms with van der Waals surface area (Å²) >= 11 is 0. The molecule has 1 aromatic carbocycles. The van der Waals surface area contributed by atoms with E-state index in [1.54, 1.807) is 0 Å². The summed E-state index contributed by atoms with van der Waals surface area (Å²) < 4.78 is 106. The van der Waals surface area contributed by atoms with Gasteiger partial charge in [0.2, 0.25) is 5.82 Å². The highest BCUT2D eigenvalue weighted by atomic mass is 35.5. The number of hydrogen-bond acceptors (Lipinski definition) is 2. The van der Waals surface area contributed by atoms with E-state index in [0.717, 1.165) is 0 Å². The van der Waals surface area contributed by atoms with Crippen LogP contribution in [0.1, 0.15) is 11.6 Å². The number of piperazine rings is 1. The van der Waals surface area contributed by atoms with Crippen LogP contribution < -0.4 is 5.32 Å². The van der Waals surface area contributed by atoms with Crippen LogP contribution in [0.2, 0.25) is 0 Å². The van der Waals surface area contributed by atoms with Crippen molar-refractivity contribution in [3.63, 3.8) is 0 Å². The lowest BCUT2D eigenvalue weighted by molar-refractivity contribution is -0.189. The van der Waals surface area contributed by atoms with E-state index in [1.165, 1.54) is 0 Å². The third-order valence-electron chi connectivity index (χ3n) is 3.34. The number of halogens is 9. The molecule has 1 heterocycles. The molecule has 0 unspecified atom stereocenters. The molecule has 0 spiro atoms. The predicted molar refractivity (Wildman–Crippen MR) is 66.7 cm³/mol. The van der Waals surface area contributed by atoms with Gasteiger partial charge in [-0.25, -0.2) is 22.0 Å². The highest BCUT2D eigenvalue weighted by Gasteiger charge is 2.49. The summed E-state index contributed by atoms with van der Waals surface area (Å²) in [6, 6.07) is -2.90. The molecule has 0 aromatic heterocycles. The van der Waals surface area contributed by atoms with E-state index >= 15 is 0 Å². The second-order valence-electron chi connectivity index (χ2n) is 4.71. The summed E-state index contributed by atoms with van der Waals surface area (Å²) in [4.78, 5) is 0.634. The van der Waals surface area contributed by atoms with Crippen LogP contribution in [0, 0.1) is 29.1 Å². The van der Waals surface area contributed by atoms with Gasteiger partial charge in [-0.1, -0.05) is 0 Å². The Kier molecular flexibility index (Phi) is 6.22. The number of nitrogens with one attached hydrogen (secondary N) is 1. The Morgan fingerprint density at radius 2 is 1.17 bits per heavy atom. The summed E-state index contributed by atoms with van der Waals surface area (Å²) in [5.74, 6) is -12.2. The van der Waals surface area contributed by atoms with Crippen LogP contribution in [-0.4, -0.2) is 37.3 Å². The molecule has 1 aromatic rings.